The van der Waals surface area contributed by atoms with Crippen LogP contribution >= 0.6 is 0 Å². The first kappa shape index (κ1) is 27.0. The number of urea groups is 1. The van der Waals surface area contributed by atoms with Gasteiger partial charge in [0.05, 0.1) is 6.10 Å². The van der Waals surface area contributed by atoms with E-state index in [4.69, 9.17) is 0 Å². The quantitative estimate of drug-likeness (QED) is 0.528. The second kappa shape index (κ2) is 10.2. The van der Waals surface area contributed by atoms with Crippen molar-refractivity contribution in [1.82, 2.24) is 14.7 Å². The lowest BCUT2D eigenvalue weighted by molar-refractivity contribution is -0.133. The van der Waals surface area contributed by atoms with Gasteiger partial charge < -0.3 is 19.8 Å². The van der Waals surface area contributed by atoms with Crippen LogP contribution in [0.1, 0.15) is 85.0 Å². The van der Waals surface area contributed by atoms with E-state index in [1.807, 2.05) is 9.80 Å². The number of nitrogens with zero attached hydrogens (tertiary/aromatic N) is 3. The van der Waals surface area contributed by atoms with Crippen molar-refractivity contribution in [2.75, 3.05) is 40.3 Å². The Balaban J connectivity index is 1.17. The van der Waals surface area contributed by atoms with Gasteiger partial charge >= 0.3 is 6.03 Å². The van der Waals surface area contributed by atoms with Gasteiger partial charge in [-0.1, -0.05) is 32.4 Å². The third-order valence-corrected chi connectivity index (χ3v) is 11.9. The number of allylic oxidation sites excluding steroid dienone is 1. The molecule has 0 radical (unpaired) electrons. The van der Waals surface area contributed by atoms with Crippen LogP contribution in [0.5, 0.6) is 0 Å². The lowest BCUT2D eigenvalue weighted by atomic mass is 9.47. The van der Waals surface area contributed by atoms with Gasteiger partial charge in [0, 0.05) is 46.7 Å². The number of aliphatic hydroxyl groups excluding tert-OH is 1. The van der Waals surface area contributed by atoms with E-state index in [0.29, 0.717) is 55.3 Å². The van der Waals surface area contributed by atoms with Crippen molar-refractivity contribution >= 4 is 11.9 Å². The molecule has 0 aromatic heterocycles. The number of hydrogen-bond acceptors (Lipinski definition) is 3. The fourth-order valence-electron chi connectivity index (χ4n) is 9.76. The van der Waals surface area contributed by atoms with Crippen LogP contribution in [0.15, 0.2) is 11.6 Å². The van der Waals surface area contributed by atoms with Crippen LogP contribution in [-0.2, 0) is 4.79 Å². The van der Waals surface area contributed by atoms with Crippen LogP contribution in [0.25, 0.3) is 0 Å². The average Bonchev–Trinajstić information content (AvgIpc) is 3.24. The van der Waals surface area contributed by atoms with Gasteiger partial charge in [0.1, 0.15) is 0 Å². The summed E-state index contributed by atoms with van der Waals surface area (Å²) in [4.78, 5) is 30.7. The molecule has 208 valence electrons. The number of carbonyl (C=O) groups excluding carboxylic acids is 2. The normalized spacial score (nSPS) is 40.3. The molecule has 3 amide bonds. The lowest BCUT2D eigenvalue weighted by Crippen LogP contribution is -2.53. The minimum Gasteiger partial charge on any atom is -0.393 e. The summed E-state index contributed by atoms with van der Waals surface area (Å²) in [5.74, 6) is 3.94. The molecule has 1 saturated heterocycles. The van der Waals surface area contributed by atoms with Crippen LogP contribution in [0, 0.1) is 40.4 Å². The number of carbonyl (C=O) groups is 2. The first-order valence-corrected chi connectivity index (χ1v) is 15.2. The number of rotatable bonds is 4. The number of fused-ring (bicyclic) bond motifs is 5. The second-order valence-electron chi connectivity index (χ2n) is 13.9. The molecule has 1 aliphatic heterocycles. The van der Waals surface area contributed by atoms with E-state index in [1.54, 1.807) is 24.6 Å². The maximum Gasteiger partial charge on any atom is 0.319 e. The summed E-state index contributed by atoms with van der Waals surface area (Å²) in [5.41, 5.74) is 2.27. The molecule has 5 rings (SSSR count). The highest BCUT2D eigenvalue weighted by Crippen LogP contribution is 2.67. The van der Waals surface area contributed by atoms with Crippen molar-refractivity contribution < 1.29 is 14.7 Å². The highest BCUT2D eigenvalue weighted by Gasteiger charge is 2.59. The highest BCUT2D eigenvalue weighted by molar-refractivity contribution is 5.77. The molecule has 4 aliphatic carbocycles. The van der Waals surface area contributed by atoms with E-state index in [0.717, 1.165) is 43.4 Å². The zero-order valence-electron chi connectivity index (χ0n) is 24.0. The highest BCUT2D eigenvalue weighted by atomic mass is 16.3. The van der Waals surface area contributed by atoms with E-state index in [9.17, 15) is 14.7 Å². The molecule has 1 heterocycles. The lowest BCUT2D eigenvalue weighted by Gasteiger charge is -2.58. The first-order valence-electron chi connectivity index (χ1n) is 15.2. The van der Waals surface area contributed by atoms with Gasteiger partial charge in [0.25, 0.3) is 0 Å². The van der Waals surface area contributed by atoms with Crippen molar-refractivity contribution in [2.24, 2.45) is 40.4 Å². The Morgan fingerprint density at radius 3 is 2.43 bits per heavy atom. The second-order valence-corrected chi connectivity index (χ2v) is 13.9. The van der Waals surface area contributed by atoms with Gasteiger partial charge in [-0.05, 0) is 98.2 Å². The van der Waals surface area contributed by atoms with Crippen molar-refractivity contribution in [1.29, 1.82) is 0 Å². The Bertz CT molecular complexity index is 909. The fourth-order valence-corrected chi connectivity index (χ4v) is 9.76. The van der Waals surface area contributed by atoms with Crippen LogP contribution in [0.3, 0.4) is 0 Å². The number of hydrogen-bond donors (Lipinski definition) is 1. The molecule has 8 atom stereocenters. The maximum atomic E-state index is 13.1. The van der Waals surface area contributed by atoms with Crippen LogP contribution in [-0.4, -0.2) is 78.1 Å². The van der Waals surface area contributed by atoms with E-state index < -0.39 is 0 Å². The third kappa shape index (κ3) is 4.74. The third-order valence-electron chi connectivity index (χ3n) is 11.9. The van der Waals surface area contributed by atoms with E-state index in [1.165, 1.54) is 32.1 Å². The van der Waals surface area contributed by atoms with Crippen LogP contribution < -0.4 is 0 Å². The van der Waals surface area contributed by atoms with Crippen molar-refractivity contribution in [3.8, 4) is 0 Å². The van der Waals surface area contributed by atoms with Gasteiger partial charge in [-0.2, -0.15) is 0 Å². The van der Waals surface area contributed by atoms with Gasteiger partial charge in [0.15, 0.2) is 0 Å². The fraction of sp³-hybridized carbons (Fsp3) is 0.871. The van der Waals surface area contributed by atoms with Crippen molar-refractivity contribution in [2.45, 2.75) is 91.1 Å². The van der Waals surface area contributed by atoms with Crippen LogP contribution in [0.2, 0.25) is 0 Å². The standard InChI is InChI=1S/C31H51N3O3/c1-21(6-11-28(36)33-16-18-34(19-17-33)29(37)32(4)5)25-9-10-26-24-8-7-22-20-23(35)12-14-30(22,2)27(24)13-15-31(25,26)3/h7,21,23-27,35H,6,8-20H2,1-5H3/t21?,23-,24-,25+,26-,27-,30-,31+/m0/s1. The van der Waals surface area contributed by atoms with Crippen LogP contribution in [0.4, 0.5) is 4.79 Å². The first-order chi connectivity index (χ1) is 17.5. The predicted molar refractivity (Wildman–Crippen MR) is 147 cm³/mol. The molecule has 6 heteroatoms. The smallest absolute Gasteiger partial charge is 0.319 e. The van der Waals surface area contributed by atoms with Gasteiger partial charge in [-0.25, -0.2) is 4.79 Å². The van der Waals surface area contributed by atoms with Gasteiger partial charge in [-0.3, -0.25) is 4.79 Å². The summed E-state index contributed by atoms with van der Waals surface area (Å²) in [5, 5.41) is 10.3. The predicted octanol–water partition coefficient (Wildman–Crippen LogP) is 5.17. The molecule has 5 aliphatic rings. The maximum absolute atomic E-state index is 13.1. The number of piperazine rings is 1. The molecular weight excluding hydrogens is 462 g/mol. The Morgan fingerprint density at radius 1 is 1.03 bits per heavy atom. The monoisotopic (exact) mass is 513 g/mol. The minimum atomic E-state index is -0.131. The minimum absolute atomic E-state index is 0.0410. The molecule has 4 fully saturated rings. The molecule has 0 spiro atoms. The molecule has 3 saturated carbocycles. The Hall–Kier alpha value is -1.56. The summed E-state index contributed by atoms with van der Waals surface area (Å²) in [6, 6.07) is 0.0410. The summed E-state index contributed by atoms with van der Waals surface area (Å²) >= 11 is 0. The molecule has 0 aromatic carbocycles. The Kier molecular flexibility index (Phi) is 7.45. The topological polar surface area (TPSA) is 64.1 Å². The SMILES string of the molecule is CC(CCC(=O)N1CCN(C(=O)N(C)C)CC1)[C@H]1CC[C@H]2[C@@H]3CC=C4C[C@@H](O)CC[C@]4(C)[C@H]3CC[C@]12C. The Morgan fingerprint density at radius 2 is 1.73 bits per heavy atom. The van der Waals surface area contributed by atoms with Gasteiger partial charge in [0.2, 0.25) is 5.91 Å². The zero-order valence-corrected chi connectivity index (χ0v) is 24.0. The van der Waals surface area contributed by atoms with E-state index in [2.05, 4.69) is 26.8 Å². The Labute approximate surface area is 224 Å². The van der Waals surface area contributed by atoms with E-state index >= 15 is 0 Å². The number of amides is 3. The molecule has 0 bridgehead atoms. The molecule has 6 nitrogen and oxygen atoms in total. The molecule has 1 N–H and O–H groups in total. The number of aliphatic hydroxyl groups is 1. The molecule has 1 unspecified atom stereocenters. The molecule has 37 heavy (non-hydrogen) atoms. The van der Waals surface area contributed by atoms with Crippen molar-refractivity contribution in [3.63, 3.8) is 0 Å². The van der Waals surface area contributed by atoms with Gasteiger partial charge in [-0.15, -0.1) is 0 Å². The van der Waals surface area contributed by atoms with E-state index in [-0.39, 0.29) is 18.0 Å². The molecule has 0 aromatic rings. The van der Waals surface area contributed by atoms with Crippen molar-refractivity contribution in [3.05, 3.63) is 11.6 Å². The largest absolute Gasteiger partial charge is 0.393 e. The summed E-state index contributed by atoms with van der Waals surface area (Å²) in [7, 11) is 3.57. The average molecular weight is 514 g/mol. The summed E-state index contributed by atoms with van der Waals surface area (Å²) < 4.78 is 0. The zero-order chi connectivity index (χ0) is 26.5. The summed E-state index contributed by atoms with van der Waals surface area (Å²) in [6.45, 7) is 10.1. The molecular formula is C31H51N3O3. The summed E-state index contributed by atoms with van der Waals surface area (Å²) in [6.07, 6.45) is 13.6.